The van der Waals surface area contributed by atoms with E-state index >= 15 is 0 Å². The third kappa shape index (κ3) is 2.66. The zero-order valence-electron chi connectivity index (χ0n) is 12.4. The second-order valence-electron chi connectivity index (χ2n) is 5.29. The summed E-state index contributed by atoms with van der Waals surface area (Å²) in [5.41, 5.74) is 1.97. The lowest BCUT2D eigenvalue weighted by Gasteiger charge is -2.17. The van der Waals surface area contributed by atoms with Crippen LogP contribution in [0.15, 0.2) is 48.5 Å². The molecule has 2 aromatic rings. The number of benzene rings is 2. The molecule has 3 amide bonds. The molecule has 1 heterocycles. The summed E-state index contributed by atoms with van der Waals surface area (Å²) in [6, 6.07) is 12.6. The van der Waals surface area contributed by atoms with Gasteiger partial charge in [0.15, 0.2) is 0 Å². The van der Waals surface area contributed by atoms with Gasteiger partial charge in [-0.3, -0.25) is 9.69 Å². The number of anilines is 2. The molecule has 23 heavy (non-hydrogen) atoms. The lowest BCUT2D eigenvalue weighted by Crippen LogP contribution is -2.33. The third-order valence-electron chi connectivity index (χ3n) is 3.66. The van der Waals surface area contributed by atoms with Crippen LogP contribution in [0.1, 0.15) is 15.9 Å². The van der Waals surface area contributed by atoms with Crippen molar-refractivity contribution in [1.29, 1.82) is 0 Å². The van der Waals surface area contributed by atoms with Gasteiger partial charge in [-0.1, -0.05) is 23.8 Å². The van der Waals surface area contributed by atoms with Crippen molar-refractivity contribution in [1.82, 2.24) is 0 Å². The van der Waals surface area contributed by atoms with E-state index in [4.69, 9.17) is 5.11 Å². The van der Waals surface area contributed by atoms with Crippen molar-refractivity contribution < 1.29 is 19.5 Å². The van der Waals surface area contributed by atoms with Crippen molar-refractivity contribution in [2.75, 3.05) is 16.3 Å². The molecule has 0 saturated carbocycles. The van der Waals surface area contributed by atoms with E-state index in [0.29, 0.717) is 5.69 Å². The SMILES string of the molecule is Cc1ccc(N2CC(=O)N(c3cccc(C(=O)O)c3)C2=O)cc1. The number of aryl methyl sites for hydroxylation is 1. The van der Waals surface area contributed by atoms with Crippen LogP contribution < -0.4 is 9.80 Å². The molecule has 1 N–H and O–H groups in total. The van der Waals surface area contributed by atoms with Gasteiger partial charge in [0, 0.05) is 5.69 Å². The summed E-state index contributed by atoms with van der Waals surface area (Å²) in [6.07, 6.45) is 0. The van der Waals surface area contributed by atoms with Gasteiger partial charge in [-0.15, -0.1) is 0 Å². The molecule has 0 unspecified atom stereocenters. The van der Waals surface area contributed by atoms with Crippen LogP contribution in [0.25, 0.3) is 0 Å². The molecule has 0 bridgehead atoms. The van der Waals surface area contributed by atoms with Gasteiger partial charge in [-0.25, -0.2) is 14.5 Å². The summed E-state index contributed by atoms with van der Waals surface area (Å²) in [7, 11) is 0. The Labute approximate surface area is 132 Å². The Morgan fingerprint density at radius 3 is 2.39 bits per heavy atom. The number of hydrogen-bond donors (Lipinski definition) is 1. The number of urea groups is 1. The van der Waals surface area contributed by atoms with Gasteiger partial charge in [0.25, 0.3) is 5.91 Å². The Kier molecular flexibility index (Phi) is 3.57. The van der Waals surface area contributed by atoms with E-state index in [0.717, 1.165) is 10.5 Å². The molecule has 116 valence electrons. The highest BCUT2D eigenvalue weighted by molar-refractivity contribution is 6.27. The monoisotopic (exact) mass is 310 g/mol. The maximum Gasteiger partial charge on any atom is 0.336 e. The Balaban J connectivity index is 1.94. The first-order valence-electron chi connectivity index (χ1n) is 7.02. The van der Waals surface area contributed by atoms with Gasteiger partial charge in [0.1, 0.15) is 6.54 Å². The number of aromatic carboxylic acids is 1. The molecule has 1 aliphatic heterocycles. The van der Waals surface area contributed by atoms with E-state index in [9.17, 15) is 14.4 Å². The number of carbonyl (C=O) groups is 3. The van der Waals surface area contributed by atoms with Gasteiger partial charge in [-0.2, -0.15) is 0 Å². The fourth-order valence-corrected chi connectivity index (χ4v) is 2.46. The highest BCUT2D eigenvalue weighted by Gasteiger charge is 2.38. The second kappa shape index (κ2) is 5.57. The molecule has 0 radical (unpaired) electrons. The van der Waals surface area contributed by atoms with Crippen LogP contribution in [0.3, 0.4) is 0 Å². The summed E-state index contributed by atoms with van der Waals surface area (Å²) in [5, 5.41) is 9.04. The zero-order chi connectivity index (χ0) is 16.6. The van der Waals surface area contributed by atoms with E-state index in [2.05, 4.69) is 0 Å². The topological polar surface area (TPSA) is 77.9 Å². The van der Waals surface area contributed by atoms with Crippen LogP contribution in [0.5, 0.6) is 0 Å². The molecule has 0 atom stereocenters. The Morgan fingerprint density at radius 2 is 1.74 bits per heavy atom. The number of nitrogens with zero attached hydrogens (tertiary/aromatic N) is 2. The van der Waals surface area contributed by atoms with E-state index in [1.807, 2.05) is 19.1 Å². The molecule has 2 aromatic carbocycles. The highest BCUT2D eigenvalue weighted by atomic mass is 16.4. The molecular weight excluding hydrogens is 296 g/mol. The standard InChI is InChI=1S/C17H14N2O4/c1-11-5-7-13(8-6-11)18-10-15(20)19(17(18)23)14-4-2-3-12(9-14)16(21)22/h2-9H,10H2,1H3,(H,21,22). The molecule has 0 aliphatic carbocycles. The number of hydrogen-bond acceptors (Lipinski definition) is 3. The predicted molar refractivity (Wildman–Crippen MR) is 84.8 cm³/mol. The molecule has 3 rings (SSSR count). The summed E-state index contributed by atoms with van der Waals surface area (Å²) in [5.74, 6) is -1.50. The van der Waals surface area contributed by atoms with Gasteiger partial charge in [0.05, 0.1) is 11.3 Å². The van der Waals surface area contributed by atoms with Crippen LogP contribution in [0.2, 0.25) is 0 Å². The summed E-state index contributed by atoms with van der Waals surface area (Å²) < 4.78 is 0. The molecule has 0 spiro atoms. The van der Waals surface area contributed by atoms with Crippen LogP contribution in [-0.4, -0.2) is 29.6 Å². The van der Waals surface area contributed by atoms with Gasteiger partial charge in [0.2, 0.25) is 0 Å². The normalized spacial score (nSPS) is 14.5. The lowest BCUT2D eigenvalue weighted by molar-refractivity contribution is -0.115. The van der Waals surface area contributed by atoms with Crippen molar-refractivity contribution in [2.24, 2.45) is 0 Å². The van der Waals surface area contributed by atoms with Gasteiger partial charge in [-0.05, 0) is 37.3 Å². The van der Waals surface area contributed by atoms with E-state index < -0.39 is 17.9 Å². The van der Waals surface area contributed by atoms with Crippen LogP contribution in [0, 0.1) is 6.92 Å². The summed E-state index contributed by atoms with van der Waals surface area (Å²) in [4.78, 5) is 38.2. The molecule has 0 aromatic heterocycles. The Morgan fingerprint density at radius 1 is 1.04 bits per heavy atom. The zero-order valence-corrected chi connectivity index (χ0v) is 12.4. The van der Waals surface area contributed by atoms with E-state index in [1.165, 1.54) is 23.1 Å². The van der Waals surface area contributed by atoms with E-state index in [1.54, 1.807) is 18.2 Å². The Hall–Kier alpha value is -3.15. The van der Waals surface area contributed by atoms with Crippen LogP contribution >= 0.6 is 0 Å². The number of rotatable bonds is 3. The fraction of sp³-hybridized carbons (Fsp3) is 0.118. The van der Waals surface area contributed by atoms with Gasteiger partial charge < -0.3 is 5.11 Å². The molecule has 1 fully saturated rings. The maximum absolute atomic E-state index is 12.6. The minimum atomic E-state index is -1.11. The highest BCUT2D eigenvalue weighted by Crippen LogP contribution is 2.26. The minimum Gasteiger partial charge on any atom is -0.478 e. The second-order valence-corrected chi connectivity index (χ2v) is 5.29. The first kappa shape index (κ1) is 14.8. The van der Waals surface area contributed by atoms with Crippen molar-refractivity contribution in [3.63, 3.8) is 0 Å². The fourth-order valence-electron chi connectivity index (χ4n) is 2.46. The minimum absolute atomic E-state index is 0.0249. The molecule has 1 saturated heterocycles. The predicted octanol–water partition coefficient (Wildman–Crippen LogP) is 2.67. The molecule has 6 nitrogen and oxygen atoms in total. The molecule has 6 heteroatoms. The van der Waals surface area contributed by atoms with Crippen molar-refractivity contribution in [3.8, 4) is 0 Å². The first-order chi connectivity index (χ1) is 11.0. The average Bonchev–Trinajstić information content (AvgIpc) is 2.83. The summed E-state index contributed by atoms with van der Waals surface area (Å²) in [6.45, 7) is 1.86. The number of imide groups is 1. The third-order valence-corrected chi connectivity index (χ3v) is 3.66. The van der Waals surface area contributed by atoms with Crippen molar-refractivity contribution >= 4 is 29.3 Å². The summed E-state index contributed by atoms with van der Waals surface area (Å²) >= 11 is 0. The van der Waals surface area contributed by atoms with Crippen molar-refractivity contribution in [2.45, 2.75) is 6.92 Å². The first-order valence-corrected chi connectivity index (χ1v) is 7.02. The smallest absolute Gasteiger partial charge is 0.336 e. The average molecular weight is 310 g/mol. The quantitative estimate of drug-likeness (QED) is 0.884. The lowest BCUT2D eigenvalue weighted by atomic mass is 10.2. The van der Waals surface area contributed by atoms with Crippen LogP contribution in [0.4, 0.5) is 16.2 Å². The number of carbonyl (C=O) groups excluding carboxylic acids is 2. The largest absolute Gasteiger partial charge is 0.478 e. The Bertz CT molecular complexity index is 798. The number of carboxylic acids is 1. The van der Waals surface area contributed by atoms with Gasteiger partial charge >= 0.3 is 12.0 Å². The van der Waals surface area contributed by atoms with Crippen molar-refractivity contribution in [3.05, 3.63) is 59.7 Å². The maximum atomic E-state index is 12.6. The number of amides is 3. The molecule has 1 aliphatic rings. The van der Waals surface area contributed by atoms with E-state index in [-0.39, 0.29) is 17.8 Å². The molecular formula is C17H14N2O4. The van der Waals surface area contributed by atoms with Crippen LogP contribution in [-0.2, 0) is 4.79 Å². The number of carboxylic acid groups (broad SMARTS) is 1.